The topological polar surface area (TPSA) is 24.9 Å². The Morgan fingerprint density at radius 2 is 2.11 bits per heavy atom. The van der Waals surface area contributed by atoms with E-state index in [4.69, 9.17) is 11.6 Å². The summed E-state index contributed by atoms with van der Waals surface area (Å²) in [6, 6.07) is 10.7. The number of rotatable bonds is 5. The summed E-state index contributed by atoms with van der Waals surface area (Å²) >= 11 is 8.58. The van der Waals surface area contributed by atoms with Gasteiger partial charge in [-0.3, -0.25) is 4.98 Å². The molecular formula is C15H16ClIN2. The molecule has 4 heteroatoms. The van der Waals surface area contributed by atoms with Crippen molar-refractivity contribution >= 4 is 34.2 Å². The van der Waals surface area contributed by atoms with Crippen LogP contribution in [0.5, 0.6) is 0 Å². The average molecular weight is 387 g/mol. The number of hydrogen-bond acceptors (Lipinski definition) is 2. The zero-order valence-electron chi connectivity index (χ0n) is 10.7. The molecule has 0 saturated carbocycles. The van der Waals surface area contributed by atoms with E-state index in [1.54, 1.807) is 12.4 Å². The summed E-state index contributed by atoms with van der Waals surface area (Å²) in [5.41, 5.74) is 2.44. The summed E-state index contributed by atoms with van der Waals surface area (Å²) in [4.78, 5) is 4.03. The third kappa shape index (κ3) is 3.91. The lowest BCUT2D eigenvalue weighted by atomic mass is 9.99. The van der Waals surface area contributed by atoms with Gasteiger partial charge in [0.25, 0.3) is 0 Å². The maximum absolute atomic E-state index is 6.20. The predicted octanol–water partition coefficient (Wildman–Crippen LogP) is 4.23. The van der Waals surface area contributed by atoms with Crippen molar-refractivity contribution in [2.75, 3.05) is 6.54 Å². The van der Waals surface area contributed by atoms with Gasteiger partial charge in [0.2, 0.25) is 0 Å². The molecule has 0 saturated heterocycles. The molecule has 1 atom stereocenters. The highest BCUT2D eigenvalue weighted by Crippen LogP contribution is 2.25. The number of halogens is 2. The summed E-state index contributed by atoms with van der Waals surface area (Å²) in [5, 5.41) is 4.26. The molecule has 0 radical (unpaired) electrons. The van der Waals surface area contributed by atoms with Crippen LogP contribution in [-0.2, 0) is 6.42 Å². The molecule has 0 amide bonds. The van der Waals surface area contributed by atoms with Gasteiger partial charge in [-0.1, -0.05) is 36.7 Å². The summed E-state index contributed by atoms with van der Waals surface area (Å²) in [5.74, 6) is 0. The largest absolute Gasteiger partial charge is 0.310 e. The maximum Gasteiger partial charge on any atom is 0.0622 e. The third-order valence-electron chi connectivity index (χ3n) is 3.01. The first-order valence-electron chi connectivity index (χ1n) is 6.28. The third-order valence-corrected chi connectivity index (χ3v) is 4.33. The van der Waals surface area contributed by atoms with E-state index in [1.807, 2.05) is 6.07 Å². The van der Waals surface area contributed by atoms with Crippen LogP contribution in [0.15, 0.2) is 42.7 Å². The summed E-state index contributed by atoms with van der Waals surface area (Å²) < 4.78 is 1.27. The second kappa shape index (κ2) is 7.22. The Morgan fingerprint density at radius 1 is 1.32 bits per heavy atom. The first-order valence-corrected chi connectivity index (χ1v) is 7.74. The lowest BCUT2D eigenvalue weighted by Crippen LogP contribution is -2.23. The minimum atomic E-state index is 0.276. The maximum atomic E-state index is 6.20. The quantitative estimate of drug-likeness (QED) is 0.778. The molecule has 2 nitrogen and oxygen atoms in total. The molecule has 1 N–H and O–H groups in total. The van der Waals surface area contributed by atoms with Crippen molar-refractivity contribution in [1.29, 1.82) is 0 Å². The Kier molecular flexibility index (Phi) is 5.60. The lowest BCUT2D eigenvalue weighted by Gasteiger charge is -2.20. The minimum absolute atomic E-state index is 0.276. The zero-order valence-corrected chi connectivity index (χ0v) is 13.6. The number of benzene rings is 1. The minimum Gasteiger partial charge on any atom is -0.310 e. The van der Waals surface area contributed by atoms with Crippen molar-refractivity contribution in [3.63, 3.8) is 0 Å². The van der Waals surface area contributed by atoms with Gasteiger partial charge < -0.3 is 5.32 Å². The van der Waals surface area contributed by atoms with Crippen LogP contribution in [0.4, 0.5) is 0 Å². The van der Waals surface area contributed by atoms with E-state index >= 15 is 0 Å². The Balaban J connectivity index is 2.27. The van der Waals surface area contributed by atoms with Crippen LogP contribution in [-0.4, -0.2) is 11.5 Å². The van der Waals surface area contributed by atoms with Crippen molar-refractivity contribution in [2.45, 2.75) is 19.4 Å². The molecule has 2 rings (SSSR count). The normalized spacial score (nSPS) is 12.4. The molecule has 0 aliphatic carbocycles. The summed E-state index contributed by atoms with van der Waals surface area (Å²) in [6.45, 7) is 3.05. The number of pyridine rings is 1. The molecule has 1 heterocycles. The van der Waals surface area contributed by atoms with Crippen LogP contribution in [0, 0.1) is 3.57 Å². The van der Waals surface area contributed by atoms with Crippen molar-refractivity contribution < 1.29 is 0 Å². The van der Waals surface area contributed by atoms with Crippen LogP contribution < -0.4 is 5.32 Å². The van der Waals surface area contributed by atoms with E-state index in [0.29, 0.717) is 0 Å². The van der Waals surface area contributed by atoms with E-state index in [-0.39, 0.29) is 6.04 Å². The van der Waals surface area contributed by atoms with E-state index in [0.717, 1.165) is 23.6 Å². The van der Waals surface area contributed by atoms with Crippen LogP contribution >= 0.6 is 34.2 Å². The monoisotopic (exact) mass is 386 g/mol. The fourth-order valence-corrected chi connectivity index (χ4v) is 3.05. The van der Waals surface area contributed by atoms with Crippen LogP contribution in [0.3, 0.4) is 0 Å². The second-order valence-corrected chi connectivity index (χ2v) is 5.87. The Hall–Kier alpha value is -0.650. The van der Waals surface area contributed by atoms with Crippen LogP contribution in [0.2, 0.25) is 5.02 Å². The first kappa shape index (κ1) is 14.8. The van der Waals surface area contributed by atoms with E-state index in [9.17, 15) is 0 Å². The highest BCUT2D eigenvalue weighted by atomic mass is 127. The second-order valence-electron chi connectivity index (χ2n) is 4.30. The highest BCUT2D eigenvalue weighted by Gasteiger charge is 2.15. The average Bonchev–Trinajstić information content (AvgIpc) is 2.41. The smallest absolute Gasteiger partial charge is 0.0622 e. The Bertz CT molecular complexity index is 545. The Labute approximate surface area is 132 Å². The first-order chi connectivity index (χ1) is 9.22. The van der Waals surface area contributed by atoms with Gasteiger partial charge in [0.05, 0.1) is 5.02 Å². The highest BCUT2D eigenvalue weighted by molar-refractivity contribution is 14.1. The van der Waals surface area contributed by atoms with Gasteiger partial charge in [0.1, 0.15) is 0 Å². The molecule has 2 aromatic rings. The van der Waals surface area contributed by atoms with E-state index in [2.05, 4.69) is 64.1 Å². The lowest BCUT2D eigenvalue weighted by molar-refractivity contribution is 0.547. The van der Waals surface area contributed by atoms with E-state index < -0.39 is 0 Å². The molecule has 0 spiro atoms. The molecule has 1 aromatic heterocycles. The molecule has 0 fully saturated rings. The fourth-order valence-electron chi connectivity index (χ4n) is 2.09. The van der Waals surface area contributed by atoms with E-state index in [1.165, 1.54) is 9.13 Å². The summed E-state index contributed by atoms with van der Waals surface area (Å²) in [7, 11) is 0. The molecule has 19 heavy (non-hydrogen) atoms. The molecule has 100 valence electrons. The molecule has 0 bridgehead atoms. The predicted molar refractivity (Wildman–Crippen MR) is 88.5 cm³/mol. The molecule has 1 unspecified atom stereocenters. The summed E-state index contributed by atoms with van der Waals surface area (Å²) in [6.07, 6.45) is 4.37. The van der Waals surface area contributed by atoms with Crippen molar-refractivity contribution in [3.8, 4) is 0 Å². The molecule has 1 aromatic carbocycles. The standard InChI is InChI=1S/C15H16ClIN2/c1-2-19-15(12-5-3-4-6-14(12)17)9-11-7-8-18-10-13(11)16/h3-8,10,15,19H,2,9H2,1H3. The van der Waals surface area contributed by atoms with Crippen LogP contribution in [0.1, 0.15) is 24.1 Å². The van der Waals surface area contributed by atoms with Gasteiger partial charge in [-0.25, -0.2) is 0 Å². The van der Waals surface area contributed by atoms with Crippen LogP contribution in [0.25, 0.3) is 0 Å². The number of nitrogens with one attached hydrogen (secondary N) is 1. The molecule has 0 aliphatic heterocycles. The van der Waals surface area contributed by atoms with Gasteiger partial charge in [0.15, 0.2) is 0 Å². The number of nitrogens with zero attached hydrogens (tertiary/aromatic N) is 1. The zero-order chi connectivity index (χ0) is 13.7. The van der Waals surface area contributed by atoms with Crippen molar-refractivity contribution in [3.05, 3.63) is 62.4 Å². The SMILES string of the molecule is CCNC(Cc1ccncc1Cl)c1ccccc1I. The fraction of sp³-hybridized carbons (Fsp3) is 0.267. The van der Waals surface area contributed by atoms with Gasteiger partial charge in [-0.05, 0) is 58.8 Å². The van der Waals surface area contributed by atoms with Crippen molar-refractivity contribution in [2.24, 2.45) is 0 Å². The number of likely N-dealkylation sites (N-methyl/N-ethyl adjacent to an activating group) is 1. The molecular weight excluding hydrogens is 371 g/mol. The Morgan fingerprint density at radius 3 is 2.79 bits per heavy atom. The number of hydrogen-bond donors (Lipinski definition) is 1. The van der Waals surface area contributed by atoms with Gasteiger partial charge >= 0.3 is 0 Å². The van der Waals surface area contributed by atoms with Gasteiger partial charge in [0, 0.05) is 22.0 Å². The van der Waals surface area contributed by atoms with Gasteiger partial charge in [-0.2, -0.15) is 0 Å². The molecule has 0 aliphatic rings. The number of aromatic nitrogens is 1. The van der Waals surface area contributed by atoms with Gasteiger partial charge in [-0.15, -0.1) is 0 Å². The van der Waals surface area contributed by atoms with Crippen molar-refractivity contribution in [1.82, 2.24) is 10.3 Å².